The van der Waals surface area contributed by atoms with Crippen molar-refractivity contribution in [1.29, 1.82) is 0 Å². The van der Waals surface area contributed by atoms with E-state index >= 15 is 0 Å². The largest absolute Gasteiger partial charge is 0.311 e. The minimum atomic E-state index is 1.09. The molecule has 2 aromatic heterocycles. The molecule has 0 saturated carbocycles. The van der Waals surface area contributed by atoms with Gasteiger partial charge in [-0.1, -0.05) is 200 Å². The van der Waals surface area contributed by atoms with E-state index in [1.165, 1.54) is 113 Å². The number of fused-ring (bicyclic) bond motifs is 11. The van der Waals surface area contributed by atoms with E-state index in [1.54, 1.807) is 0 Å². The van der Waals surface area contributed by atoms with Crippen molar-refractivity contribution in [3.05, 3.63) is 279 Å². The van der Waals surface area contributed by atoms with Crippen molar-refractivity contribution in [3.8, 4) is 50.2 Å². The highest BCUT2D eigenvalue weighted by molar-refractivity contribution is 7.26. The molecule has 75 heavy (non-hydrogen) atoms. The van der Waals surface area contributed by atoms with Crippen molar-refractivity contribution in [1.82, 2.24) is 4.57 Å². The minimum Gasteiger partial charge on any atom is -0.311 e. The van der Waals surface area contributed by atoms with Crippen LogP contribution in [0.25, 0.3) is 124 Å². The molecule has 0 aliphatic carbocycles. The average molecular weight is 971 g/mol. The van der Waals surface area contributed by atoms with Crippen LogP contribution < -0.4 is 4.90 Å². The highest BCUT2D eigenvalue weighted by Gasteiger charge is 2.17. The number of anilines is 3. The van der Waals surface area contributed by atoms with Crippen molar-refractivity contribution < 1.29 is 0 Å². The Balaban J connectivity index is 0.781. The number of benzene rings is 13. The predicted octanol–water partition coefficient (Wildman–Crippen LogP) is 20.7. The van der Waals surface area contributed by atoms with Crippen LogP contribution in [0, 0.1) is 0 Å². The molecule has 0 atom stereocenters. The van der Waals surface area contributed by atoms with E-state index in [0.717, 1.165) is 28.3 Å². The molecule has 0 aliphatic heterocycles. The molecule has 15 aromatic rings. The lowest BCUT2D eigenvalue weighted by molar-refractivity contribution is 1.18. The van der Waals surface area contributed by atoms with Gasteiger partial charge >= 0.3 is 0 Å². The van der Waals surface area contributed by atoms with Crippen molar-refractivity contribution in [2.24, 2.45) is 0 Å². The molecular formula is C72H46N2S. The van der Waals surface area contributed by atoms with E-state index in [1.807, 2.05) is 11.3 Å². The summed E-state index contributed by atoms with van der Waals surface area (Å²) in [6.45, 7) is 0. The number of thiophene rings is 1. The van der Waals surface area contributed by atoms with E-state index in [0.29, 0.717) is 0 Å². The lowest BCUT2D eigenvalue weighted by Crippen LogP contribution is -2.09. The van der Waals surface area contributed by atoms with Crippen LogP contribution in [0.15, 0.2) is 279 Å². The zero-order valence-electron chi connectivity index (χ0n) is 40.9. The standard InChI is InChI=1S/C72H46N2S/c1-3-17-62-50(11-1)23-24-57-44-55(32-40-63(57)62)53-14-9-13-52(43-53)47-25-34-58(35-26-47)73(60-38-29-49(30-39-60)56-33-41-67-68-42-31-51-12-2-4-18-64(51)72(68)75-71(67)46-56)59-36-27-48(28-37-59)54-15-10-16-61(45-54)74-69-21-7-5-19-65(69)66-20-6-8-22-70(66)74/h1-46H. The van der Waals surface area contributed by atoms with Crippen LogP contribution in [-0.4, -0.2) is 4.57 Å². The lowest BCUT2D eigenvalue weighted by Gasteiger charge is -2.26. The highest BCUT2D eigenvalue weighted by atomic mass is 32.1. The Morgan fingerprint density at radius 3 is 1.32 bits per heavy atom. The second-order valence-corrected chi connectivity index (χ2v) is 20.7. The smallest absolute Gasteiger partial charge is 0.0541 e. The summed E-state index contributed by atoms with van der Waals surface area (Å²) >= 11 is 1.89. The second kappa shape index (κ2) is 17.6. The van der Waals surface area contributed by atoms with Gasteiger partial charge in [-0.2, -0.15) is 0 Å². The predicted molar refractivity (Wildman–Crippen MR) is 323 cm³/mol. The number of aromatic nitrogens is 1. The molecule has 0 unspecified atom stereocenters. The molecule has 3 heteroatoms. The maximum atomic E-state index is 2.39. The summed E-state index contributed by atoms with van der Waals surface area (Å²) in [4.78, 5) is 2.38. The molecule has 0 saturated heterocycles. The monoisotopic (exact) mass is 970 g/mol. The molecule has 0 bridgehead atoms. The van der Waals surface area contributed by atoms with Gasteiger partial charge in [0.15, 0.2) is 0 Å². The quantitative estimate of drug-likeness (QED) is 0.138. The SMILES string of the molecule is c1cc(-c2ccc(N(c3ccc(-c4cccc(-n5c6ccccc6c6ccccc65)c4)cc3)c3ccc(-c4ccc5c(c4)sc4c6ccccc6ccc54)cc3)cc2)cc(-c2ccc3c(ccc4ccccc43)c2)c1. The van der Waals surface area contributed by atoms with Gasteiger partial charge in [0.25, 0.3) is 0 Å². The molecule has 2 nitrogen and oxygen atoms in total. The van der Waals surface area contributed by atoms with Gasteiger partial charge < -0.3 is 9.47 Å². The molecule has 0 amide bonds. The Labute approximate surface area is 438 Å². The summed E-state index contributed by atoms with van der Waals surface area (Å²) in [5.41, 5.74) is 16.3. The fraction of sp³-hybridized carbons (Fsp3) is 0. The van der Waals surface area contributed by atoms with Crippen LogP contribution in [-0.2, 0) is 0 Å². The summed E-state index contributed by atoms with van der Waals surface area (Å²) in [5.74, 6) is 0. The lowest BCUT2D eigenvalue weighted by atomic mass is 9.95. The van der Waals surface area contributed by atoms with Crippen LogP contribution in [0.3, 0.4) is 0 Å². The van der Waals surface area contributed by atoms with Gasteiger partial charge in [-0.05, 0) is 156 Å². The first kappa shape index (κ1) is 43.1. The third-order valence-corrected chi connectivity index (χ3v) is 16.6. The van der Waals surface area contributed by atoms with Crippen LogP contribution >= 0.6 is 11.3 Å². The zero-order valence-corrected chi connectivity index (χ0v) is 41.7. The van der Waals surface area contributed by atoms with Gasteiger partial charge in [0.1, 0.15) is 0 Å². The number of hydrogen-bond donors (Lipinski definition) is 0. The third kappa shape index (κ3) is 7.39. The molecule has 0 N–H and O–H groups in total. The Bertz CT molecular complexity index is 4640. The number of hydrogen-bond acceptors (Lipinski definition) is 2. The normalized spacial score (nSPS) is 11.7. The summed E-state index contributed by atoms with van der Waals surface area (Å²) in [5, 5.41) is 12.9. The first-order valence-electron chi connectivity index (χ1n) is 25.7. The zero-order chi connectivity index (χ0) is 49.4. The van der Waals surface area contributed by atoms with Crippen molar-refractivity contribution >= 4 is 103 Å². The van der Waals surface area contributed by atoms with Crippen LogP contribution in [0.4, 0.5) is 17.1 Å². The van der Waals surface area contributed by atoms with E-state index < -0.39 is 0 Å². The Kier molecular flexibility index (Phi) is 10.1. The maximum Gasteiger partial charge on any atom is 0.0541 e. The molecule has 0 radical (unpaired) electrons. The van der Waals surface area contributed by atoms with E-state index in [4.69, 9.17) is 0 Å². The summed E-state index contributed by atoms with van der Waals surface area (Å²) < 4.78 is 5.05. The molecule has 0 spiro atoms. The Hall–Kier alpha value is -9.54. The third-order valence-electron chi connectivity index (χ3n) is 15.4. The van der Waals surface area contributed by atoms with Gasteiger partial charge in [0.2, 0.25) is 0 Å². The number of rotatable bonds is 8. The summed E-state index contributed by atoms with van der Waals surface area (Å²) in [6, 6.07) is 103. The van der Waals surface area contributed by atoms with Crippen molar-refractivity contribution in [2.75, 3.05) is 4.90 Å². The highest BCUT2D eigenvalue weighted by Crippen LogP contribution is 2.43. The fourth-order valence-corrected chi connectivity index (χ4v) is 12.9. The van der Waals surface area contributed by atoms with Gasteiger partial charge in [0, 0.05) is 53.7 Å². The van der Waals surface area contributed by atoms with Crippen molar-refractivity contribution in [3.63, 3.8) is 0 Å². The first-order chi connectivity index (χ1) is 37.1. The molecule has 0 aliphatic rings. The van der Waals surface area contributed by atoms with E-state index in [-0.39, 0.29) is 0 Å². The minimum absolute atomic E-state index is 1.09. The van der Waals surface area contributed by atoms with Crippen molar-refractivity contribution in [2.45, 2.75) is 0 Å². The van der Waals surface area contributed by atoms with E-state index in [9.17, 15) is 0 Å². The maximum absolute atomic E-state index is 2.39. The van der Waals surface area contributed by atoms with Gasteiger partial charge in [-0.15, -0.1) is 11.3 Å². The Morgan fingerprint density at radius 2 is 0.680 bits per heavy atom. The number of para-hydroxylation sites is 2. The molecule has 350 valence electrons. The van der Waals surface area contributed by atoms with Crippen LogP contribution in [0.2, 0.25) is 0 Å². The summed E-state index contributed by atoms with van der Waals surface area (Å²) in [7, 11) is 0. The second-order valence-electron chi connectivity index (χ2n) is 19.7. The first-order valence-corrected chi connectivity index (χ1v) is 26.5. The number of nitrogens with zero attached hydrogens (tertiary/aromatic N) is 2. The van der Waals surface area contributed by atoms with Crippen LogP contribution in [0.1, 0.15) is 0 Å². The Morgan fingerprint density at radius 1 is 0.253 bits per heavy atom. The summed E-state index contributed by atoms with van der Waals surface area (Å²) in [6.07, 6.45) is 0. The van der Waals surface area contributed by atoms with Gasteiger partial charge in [-0.25, -0.2) is 0 Å². The van der Waals surface area contributed by atoms with Gasteiger partial charge in [-0.3, -0.25) is 0 Å². The van der Waals surface area contributed by atoms with Gasteiger partial charge in [0.05, 0.1) is 11.0 Å². The fourth-order valence-electron chi connectivity index (χ4n) is 11.6. The molecule has 15 rings (SSSR count). The molecular weight excluding hydrogens is 925 g/mol. The van der Waals surface area contributed by atoms with Crippen LogP contribution in [0.5, 0.6) is 0 Å². The topological polar surface area (TPSA) is 8.17 Å². The molecule has 13 aromatic carbocycles. The molecule has 2 heterocycles. The average Bonchev–Trinajstić information content (AvgIpc) is 4.04. The molecule has 0 fully saturated rings. The van der Waals surface area contributed by atoms with E-state index in [2.05, 4.69) is 289 Å².